The zero-order valence-electron chi connectivity index (χ0n) is 10.9. The van der Waals surface area contributed by atoms with Crippen LogP contribution < -0.4 is 15.6 Å². The minimum absolute atomic E-state index is 0.129. The zero-order chi connectivity index (χ0) is 14.7. The van der Waals surface area contributed by atoms with Crippen molar-refractivity contribution < 1.29 is 4.74 Å². The molecule has 1 aromatic carbocycles. The Morgan fingerprint density at radius 2 is 2.15 bits per heavy atom. The maximum Gasteiger partial charge on any atom is 0.295 e. The molecule has 0 radical (unpaired) electrons. The third kappa shape index (κ3) is 3.05. The molecule has 0 aliphatic heterocycles. The maximum absolute atomic E-state index is 11.6. The summed E-state index contributed by atoms with van der Waals surface area (Å²) in [4.78, 5) is 18.1. The molecule has 0 fully saturated rings. The Balaban J connectivity index is 2.30. The van der Waals surface area contributed by atoms with E-state index in [0.29, 0.717) is 15.9 Å². The van der Waals surface area contributed by atoms with Crippen LogP contribution in [-0.4, -0.2) is 17.1 Å². The number of ether oxygens (including phenoxy) is 1. The third-order valence-electron chi connectivity index (χ3n) is 2.80. The summed E-state index contributed by atoms with van der Waals surface area (Å²) in [5.41, 5.74) is 0.500. The molecule has 2 rings (SSSR count). The van der Waals surface area contributed by atoms with Crippen molar-refractivity contribution in [3.05, 3.63) is 50.5 Å². The Morgan fingerprint density at radius 1 is 1.40 bits per heavy atom. The van der Waals surface area contributed by atoms with Crippen LogP contribution >= 0.6 is 23.2 Å². The maximum atomic E-state index is 11.6. The number of methoxy groups -OCH3 is 1. The fraction of sp³-hybridized carbons (Fsp3) is 0.231. The predicted molar refractivity (Wildman–Crippen MR) is 79.9 cm³/mol. The van der Waals surface area contributed by atoms with Crippen LogP contribution in [0.4, 0.5) is 5.82 Å². The van der Waals surface area contributed by atoms with Gasteiger partial charge >= 0.3 is 0 Å². The van der Waals surface area contributed by atoms with Gasteiger partial charge in [0.25, 0.3) is 5.56 Å². The second-order valence-corrected chi connectivity index (χ2v) is 4.99. The summed E-state index contributed by atoms with van der Waals surface area (Å²) in [6.07, 6.45) is 1.31. The standard InChI is InChI=1S/C13H13Cl2N3O2/c1-7(9-4-3-8(14)5-10(9)15)18-12-11(20-2)13(19)17-6-16-12/h3-7H,1-2H3,(H2,16,17,18,19). The van der Waals surface area contributed by atoms with E-state index in [4.69, 9.17) is 27.9 Å². The van der Waals surface area contributed by atoms with Gasteiger partial charge in [0.1, 0.15) is 0 Å². The lowest BCUT2D eigenvalue weighted by molar-refractivity contribution is 0.407. The van der Waals surface area contributed by atoms with Crippen molar-refractivity contribution in [2.75, 3.05) is 12.4 Å². The van der Waals surface area contributed by atoms with Gasteiger partial charge in [-0.05, 0) is 24.6 Å². The summed E-state index contributed by atoms with van der Waals surface area (Å²) in [6, 6.07) is 5.08. The first-order valence-corrected chi connectivity index (χ1v) is 6.61. The van der Waals surface area contributed by atoms with Crippen LogP contribution in [0.2, 0.25) is 10.0 Å². The molecule has 7 heteroatoms. The molecular formula is C13H13Cl2N3O2. The number of nitrogens with one attached hydrogen (secondary N) is 2. The van der Waals surface area contributed by atoms with Crippen molar-refractivity contribution in [3.8, 4) is 5.75 Å². The van der Waals surface area contributed by atoms with Gasteiger partial charge in [0.15, 0.2) is 5.82 Å². The van der Waals surface area contributed by atoms with Crippen LogP contribution in [0.25, 0.3) is 0 Å². The fourth-order valence-corrected chi connectivity index (χ4v) is 2.39. The first kappa shape index (κ1) is 14.7. The van der Waals surface area contributed by atoms with Crippen molar-refractivity contribution in [1.82, 2.24) is 9.97 Å². The van der Waals surface area contributed by atoms with Crippen LogP contribution in [-0.2, 0) is 0 Å². The monoisotopic (exact) mass is 313 g/mol. The van der Waals surface area contributed by atoms with Gasteiger partial charge in [0.05, 0.1) is 19.5 Å². The Bertz CT molecular complexity index is 673. The summed E-state index contributed by atoms with van der Waals surface area (Å²) < 4.78 is 5.04. The number of benzene rings is 1. The fourth-order valence-electron chi connectivity index (χ4n) is 1.81. The van der Waals surface area contributed by atoms with Crippen molar-refractivity contribution in [2.24, 2.45) is 0 Å². The molecule has 0 saturated heterocycles. The summed E-state index contributed by atoms with van der Waals surface area (Å²) in [7, 11) is 1.41. The molecule has 0 aliphatic rings. The average Bonchev–Trinajstić information content (AvgIpc) is 2.38. The van der Waals surface area contributed by atoms with Gasteiger partial charge in [-0.15, -0.1) is 0 Å². The van der Waals surface area contributed by atoms with Gasteiger partial charge < -0.3 is 15.0 Å². The second-order valence-electron chi connectivity index (χ2n) is 4.15. The molecule has 1 aromatic heterocycles. The molecule has 0 aliphatic carbocycles. The van der Waals surface area contributed by atoms with E-state index in [-0.39, 0.29) is 17.4 Å². The molecule has 20 heavy (non-hydrogen) atoms. The number of halogens is 2. The number of nitrogens with zero attached hydrogens (tertiary/aromatic N) is 1. The molecule has 1 unspecified atom stereocenters. The van der Waals surface area contributed by atoms with Crippen LogP contribution in [0.5, 0.6) is 5.75 Å². The number of hydrogen-bond acceptors (Lipinski definition) is 4. The lowest BCUT2D eigenvalue weighted by Gasteiger charge is -2.17. The number of aromatic nitrogens is 2. The molecule has 0 saturated carbocycles. The number of rotatable bonds is 4. The Labute approximate surface area is 125 Å². The number of anilines is 1. The van der Waals surface area contributed by atoms with Gasteiger partial charge in [-0.25, -0.2) is 4.98 Å². The molecule has 0 bridgehead atoms. The molecule has 2 aromatic rings. The van der Waals surface area contributed by atoms with Gasteiger partial charge in [-0.2, -0.15) is 0 Å². The van der Waals surface area contributed by atoms with E-state index in [1.54, 1.807) is 12.1 Å². The summed E-state index contributed by atoms with van der Waals surface area (Å²) >= 11 is 12.0. The Hall–Kier alpha value is -1.72. The summed E-state index contributed by atoms with van der Waals surface area (Å²) in [5.74, 6) is 0.485. The third-order valence-corrected chi connectivity index (χ3v) is 3.36. The number of aromatic amines is 1. The molecule has 1 atom stereocenters. The number of H-pyrrole nitrogens is 1. The highest BCUT2D eigenvalue weighted by Gasteiger charge is 2.15. The average molecular weight is 314 g/mol. The summed E-state index contributed by atoms with van der Waals surface area (Å²) in [6.45, 7) is 1.90. The minimum atomic E-state index is -0.348. The molecule has 0 spiro atoms. The first-order chi connectivity index (χ1) is 9.52. The first-order valence-electron chi connectivity index (χ1n) is 5.86. The Kier molecular flexibility index (Phi) is 4.52. The van der Waals surface area contributed by atoms with Crippen LogP contribution in [0.15, 0.2) is 29.3 Å². The van der Waals surface area contributed by atoms with E-state index in [0.717, 1.165) is 5.56 Å². The smallest absolute Gasteiger partial charge is 0.295 e. The number of hydrogen-bond donors (Lipinski definition) is 2. The molecule has 2 N–H and O–H groups in total. The lowest BCUT2D eigenvalue weighted by atomic mass is 10.1. The normalized spacial score (nSPS) is 12.0. The van der Waals surface area contributed by atoms with E-state index in [9.17, 15) is 4.79 Å². The second kappa shape index (κ2) is 6.15. The van der Waals surface area contributed by atoms with Gasteiger partial charge in [-0.1, -0.05) is 29.3 Å². The van der Waals surface area contributed by atoms with Crippen LogP contribution in [0, 0.1) is 0 Å². The van der Waals surface area contributed by atoms with Gasteiger partial charge in [0.2, 0.25) is 5.75 Å². The van der Waals surface area contributed by atoms with Crippen molar-refractivity contribution >= 4 is 29.0 Å². The SMILES string of the molecule is COc1c(NC(C)c2ccc(Cl)cc2Cl)nc[nH]c1=O. The van der Waals surface area contributed by atoms with E-state index < -0.39 is 0 Å². The largest absolute Gasteiger partial charge is 0.489 e. The van der Waals surface area contributed by atoms with E-state index in [2.05, 4.69) is 15.3 Å². The van der Waals surface area contributed by atoms with E-state index in [1.165, 1.54) is 13.4 Å². The molecule has 106 valence electrons. The highest BCUT2D eigenvalue weighted by Crippen LogP contribution is 2.29. The topological polar surface area (TPSA) is 67.0 Å². The zero-order valence-corrected chi connectivity index (χ0v) is 12.4. The Morgan fingerprint density at radius 3 is 2.80 bits per heavy atom. The van der Waals surface area contributed by atoms with Gasteiger partial charge in [0, 0.05) is 10.0 Å². The van der Waals surface area contributed by atoms with Crippen LogP contribution in [0.1, 0.15) is 18.5 Å². The van der Waals surface area contributed by atoms with E-state index >= 15 is 0 Å². The molecule has 1 heterocycles. The van der Waals surface area contributed by atoms with E-state index in [1.807, 2.05) is 13.0 Å². The molecule has 5 nitrogen and oxygen atoms in total. The lowest BCUT2D eigenvalue weighted by Crippen LogP contribution is -2.16. The highest BCUT2D eigenvalue weighted by atomic mass is 35.5. The van der Waals surface area contributed by atoms with Crippen molar-refractivity contribution in [3.63, 3.8) is 0 Å². The van der Waals surface area contributed by atoms with Crippen molar-refractivity contribution in [2.45, 2.75) is 13.0 Å². The minimum Gasteiger partial charge on any atom is -0.489 e. The van der Waals surface area contributed by atoms with Gasteiger partial charge in [-0.3, -0.25) is 4.79 Å². The highest BCUT2D eigenvalue weighted by molar-refractivity contribution is 6.35. The molecular weight excluding hydrogens is 301 g/mol. The van der Waals surface area contributed by atoms with Crippen molar-refractivity contribution in [1.29, 1.82) is 0 Å². The molecule has 0 amide bonds. The van der Waals surface area contributed by atoms with Crippen LogP contribution in [0.3, 0.4) is 0 Å². The quantitative estimate of drug-likeness (QED) is 0.909. The predicted octanol–water partition coefficient (Wildman–Crippen LogP) is 3.26. The summed E-state index contributed by atoms with van der Waals surface area (Å²) in [5, 5.41) is 4.21.